The highest BCUT2D eigenvalue weighted by atomic mass is 19.1. The molecule has 0 fully saturated rings. The molecule has 0 saturated carbocycles. The molecular formula is C16H21FN2O4. The first-order chi connectivity index (χ1) is 10.5. The van der Waals surface area contributed by atoms with E-state index in [1.54, 1.807) is 20.8 Å². The summed E-state index contributed by atoms with van der Waals surface area (Å²) in [6.45, 7) is 8.02. The van der Waals surface area contributed by atoms with Gasteiger partial charge in [0.05, 0.1) is 5.69 Å². The van der Waals surface area contributed by atoms with E-state index in [9.17, 15) is 18.8 Å². The maximum absolute atomic E-state index is 13.8. The first-order valence-electron chi connectivity index (χ1n) is 7.02. The number of amides is 2. The van der Waals surface area contributed by atoms with E-state index in [1.807, 2.05) is 0 Å². The average molecular weight is 324 g/mol. The lowest BCUT2D eigenvalue weighted by Gasteiger charge is -2.28. The van der Waals surface area contributed by atoms with Crippen LogP contribution in [0.2, 0.25) is 0 Å². The fourth-order valence-electron chi connectivity index (χ4n) is 1.87. The van der Waals surface area contributed by atoms with Crippen LogP contribution in [-0.4, -0.2) is 29.4 Å². The minimum Gasteiger partial charge on any atom is -0.444 e. The van der Waals surface area contributed by atoms with Crippen molar-refractivity contribution < 1.29 is 23.5 Å². The molecule has 0 saturated heterocycles. The van der Waals surface area contributed by atoms with E-state index in [4.69, 9.17) is 4.74 Å². The normalized spacial score (nSPS) is 11.6. The van der Waals surface area contributed by atoms with Crippen LogP contribution in [0.1, 0.15) is 45.0 Å². The third-order valence-corrected chi connectivity index (χ3v) is 2.84. The van der Waals surface area contributed by atoms with Crippen LogP contribution in [-0.2, 0) is 9.53 Å². The molecule has 0 unspecified atom stereocenters. The number of rotatable bonds is 5. The number of halogens is 1. The van der Waals surface area contributed by atoms with Gasteiger partial charge in [-0.2, -0.15) is 0 Å². The maximum atomic E-state index is 13.8. The molecule has 0 aromatic heterocycles. The zero-order valence-electron chi connectivity index (χ0n) is 13.8. The van der Waals surface area contributed by atoms with Crippen LogP contribution < -0.4 is 10.6 Å². The van der Waals surface area contributed by atoms with Crippen molar-refractivity contribution in [3.05, 3.63) is 29.6 Å². The van der Waals surface area contributed by atoms with Gasteiger partial charge in [0.25, 0.3) is 0 Å². The van der Waals surface area contributed by atoms with Crippen molar-refractivity contribution in [1.29, 1.82) is 0 Å². The summed E-state index contributed by atoms with van der Waals surface area (Å²) in [5.74, 6) is -1.30. The summed E-state index contributed by atoms with van der Waals surface area (Å²) in [4.78, 5) is 35.1. The van der Waals surface area contributed by atoms with E-state index in [0.29, 0.717) is 0 Å². The third kappa shape index (κ3) is 5.05. The van der Waals surface area contributed by atoms with Crippen LogP contribution in [0.5, 0.6) is 0 Å². The van der Waals surface area contributed by atoms with E-state index >= 15 is 0 Å². The standard InChI is InChI=1S/C16H21FN2O4/c1-15(2,3)23-14(22)19-16(4,5)13(21)10-7-6-8-11(17)12(10)18-9-20/h6-9H,1-5H3,(H,18,20)(H,19,22). The summed E-state index contributed by atoms with van der Waals surface area (Å²) in [6.07, 6.45) is -0.485. The topological polar surface area (TPSA) is 84.5 Å². The molecule has 1 rings (SSSR count). The molecule has 0 aliphatic rings. The summed E-state index contributed by atoms with van der Waals surface area (Å²) < 4.78 is 18.9. The Morgan fingerprint density at radius 3 is 2.30 bits per heavy atom. The summed E-state index contributed by atoms with van der Waals surface area (Å²) in [7, 11) is 0. The van der Waals surface area contributed by atoms with Crippen molar-refractivity contribution in [3.63, 3.8) is 0 Å². The average Bonchev–Trinajstić information content (AvgIpc) is 2.37. The molecule has 0 bridgehead atoms. The van der Waals surface area contributed by atoms with Gasteiger partial charge in [-0.3, -0.25) is 9.59 Å². The number of ketones is 1. The van der Waals surface area contributed by atoms with E-state index in [1.165, 1.54) is 26.0 Å². The zero-order chi connectivity index (χ0) is 17.8. The molecular weight excluding hydrogens is 303 g/mol. The molecule has 23 heavy (non-hydrogen) atoms. The number of nitrogens with one attached hydrogen (secondary N) is 2. The van der Waals surface area contributed by atoms with Gasteiger partial charge >= 0.3 is 6.09 Å². The lowest BCUT2D eigenvalue weighted by atomic mass is 9.92. The van der Waals surface area contributed by atoms with Gasteiger partial charge in [0.1, 0.15) is 17.0 Å². The summed E-state index contributed by atoms with van der Waals surface area (Å²) >= 11 is 0. The van der Waals surface area contributed by atoms with Gasteiger partial charge in [0.15, 0.2) is 5.78 Å². The van der Waals surface area contributed by atoms with Crippen molar-refractivity contribution in [3.8, 4) is 0 Å². The van der Waals surface area contributed by atoms with Crippen LogP contribution in [0, 0.1) is 5.82 Å². The monoisotopic (exact) mass is 324 g/mol. The van der Waals surface area contributed by atoms with E-state index in [0.717, 1.165) is 6.07 Å². The van der Waals surface area contributed by atoms with E-state index in [2.05, 4.69) is 10.6 Å². The highest BCUT2D eigenvalue weighted by Crippen LogP contribution is 2.24. The zero-order valence-corrected chi connectivity index (χ0v) is 13.8. The predicted octanol–water partition coefficient (Wildman–Crippen LogP) is 2.88. The fraction of sp³-hybridized carbons (Fsp3) is 0.438. The Morgan fingerprint density at radius 2 is 1.78 bits per heavy atom. The van der Waals surface area contributed by atoms with Crippen molar-refractivity contribution in [2.75, 3.05) is 5.32 Å². The Labute approximate surface area is 134 Å². The number of Topliss-reactive ketones (excluding diaryl/α,β-unsaturated/α-hetero) is 1. The smallest absolute Gasteiger partial charge is 0.408 e. The molecule has 0 radical (unpaired) electrons. The number of para-hydroxylation sites is 1. The first kappa shape index (κ1) is 18.6. The van der Waals surface area contributed by atoms with Crippen LogP contribution in [0.4, 0.5) is 14.9 Å². The minimum atomic E-state index is -1.35. The number of alkyl carbamates (subject to hydrolysis) is 1. The second-order valence-electron chi connectivity index (χ2n) is 6.51. The molecule has 0 spiro atoms. The van der Waals surface area contributed by atoms with Gasteiger partial charge in [-0.25, -0.2) is 9.18 Å². The highest BCUT2D eigenvalue weighted by Gasteiger charge is 2.34. The Balaban J connectivity index is 3.06. The third-order valence-electron chi connectivity index (χ3n) is 2.84. The molecule has 126 valence electrons. The second kappa shape index (κ2) is 6.76. The molecule has 1 aromatic rings. The number of hydrogen-bond donors (Lipinski definition) is 2. The van der Waals surface area contributed by atoms with E-state index < -0.39 is 28.8 Å². The van der Waals surface area contributed by atoms with Gasteiger partial charge in [0, 0.05) is 5.56 Å². The summed E-state index contributed by atoms with van der Waals surface area (Å²) in [5, 5.41) is 4.62. The van der Waals surface area contributed by atoms with Crippen LogP contribution in [0.25, 0.3) is 0 Å². The molecule has 6 nitrogen and oxygen atoms in total. The Morgan fingerprint density at radius 1 is 1.17 bits per heavy atom. The van der Waals surface area contributed by atoms with Crippen LogP contribution >= 0.6 is 0 Å². The van der Waals surface area contributed by atoms with Gasteiger partial charge < -0.3 is 15.4 Å². The van der Waals surface area contributed by atoms with Crippen molar-refractivity contribution in [2.24, 2.45) is 0 Å². The van der Waals surface area contributed by atoms with E-state index in [-0.39, 0.29) is 17.7 Å². The Hall–Kier alpha value is -2.44. The van der Waals surface area contributed by atoms with Crippen LogP contribution in [0.15, 0.2) is 18.2 Å². The molecule has 0 atom stereocenters. The molecule has 0 heterocycles. The Bertz CT molecular complexity index is 621. The molecule has 0 aliphatic heterocycles. The number of ether oxygens (including phenoxy) is 1. The minimum absolute atomic E-state index is 0.0434. The maximum Gasteiger partial charge on any atom is 0.408 e. The Kier molecular flexibility index (Phi) is 5.47. The number of carbonyl (C=O) groups excluding carboxylic acids is 3. The molecule has 2 amide bonds. The number of carbonyl (C=O) groups is 3. The number of anilines is 1. The number of hydrogen-bond acceptors (Lipinski definition) is 4. The second-order valence-corrected chi connectivity index (χ2v) is 6.51. The fourth-order valence-corrected chi connectivity index (χ4v) is 1.87. The van der Waals surface area contributed by atoms with Gasteiger partial charge in [-0.1, -0.05) is 6.07 Å². The number of benzene rings is 1. The molecule has 1 aromatic carbocycles. The highest BCUT2D eigenvalue weighted by molar-refractivity contribution is 6.09. The SMILES string of the molecule is CC(C)(C)OC(=O)NC(C)(C)C(=O)c1cccc(F)c1NC=O. The molecule has 2 N–H and O–H groups in total. The van der Waals surface area contributed by atoms with Crippen LogP contribution in [0.3, 0.4) is 0 Å². The van der Waals surface area contributed by atoms with Gasteiger partial charge in [-0.05, 0) is 46.8 Å². The first-order valence-corrected chi connectivity index (χ1v) is 7.02. The molecule has 7 heteroatoms. The lowest BCUT2D eigenvalue weighted by Crippen LogP contribution is -2.51. The predicted molar refractivity (Wildman–Crippen MR) is 83.9 cm³/mol. The summed E-state index contributed by atoms with van der Waals surface area (Å²) in [5.41, 5.74) is -2.34. The largest absolute Gasteiger partial charge is 0.444 e. The van der Waals surface area contributed by atoms with Crippen molar-refractivity contribution >= 4 is 24.0 Å². The van der Waals surface area contributed by atoms with Gasteiger partial charge in [-0.15, -0.1) is 0 Å². The van der Waals surface area contributed by atoms with Crippen molar-refractivity contribution in [2.45, 2.75) is 45.8 Å². The van der Waals surface area contributed by atoms with Crippen molar-refractivity contribution in [1.82, 2.24) is 5.32 Å². The lowest BCUT2D eigenvalue weighted by molar-refractivity contribution is -0.105. The molecule has 0 aliphatic carbocycles. The summed E-state index contributed by atoms with van der Waals surface area (Å²) in [6, 6.07) is 3.84. The van der Waals surface area contributed by atoms with Gasteiger partial charge in [0.2, 0.25) is 6.41 Å². The quantitative estimate of drug-likeness (QED) is 0.644.